The van der Waals surface area contributed by atoms with Crippen LogP contribution < -0.4 is 0 Å². The van der Waals surface area contributed by atoms with Crippen LogP contribution in [-0.4, -0.2) is 55.5 Å². The maximum atomic E-state index is 12.6. The van der Waals surface area contributed by atoms with Crippen LogP contribution in [0, 0.1) is 5.92 Å². The SMILES string of the molecule is O=S(=O)(C1CC1)N1Cc2cccn2[C@H](CCOCC2CCOCC2)C1. The van der Waals surface area contributed by atoms with Crippen molar-refractivity contribution in [1.82, 2.24) is 8.87 Å². The molecule has 1 saturated carbocycles. The van der Waals surface area contributed by atoms with Crippen LogP contribution in [-0.2, 0) is 26.0 Å². The summed E-state index contributed by atoms with van der Waals surface area (Å²) in [5.41, 5.74) is 1.09. The second-order valence-corrected chi connectivity index (χ2v) is 9.73. The molecular weight excluding hydrogens is 340 g/mol. The maximum absolute atomic E-state index is 12.6. The molecule has 1 atom stereocenters. The lowest BCUT2D eigenvalue weighted by molar-refractivity contribution is 0.0171. The van der Waals surface area contributed by atoms with Crippen LogP contribution in [0.15, 0.2) is 18.3 Å². The summed E-state index contributed by atoms with van der Waals surface area (Å²) in [6.45, 7) is 4.23. The maximum Gasteiger partial charge on any atom is 0.217 e. The van der Waals surface area contributed by atoms with Crippen LogP contribution in [0.2, 0.25) is 0 Å². The first kappa shape index (κ1) is 17.5. The predicted octanol–water partition coefficient (Wildman–Crippen LogP) is 2.17. The first-order valence-corrected chi connectivity index (χ1v) is 10.9. The minimum absolute atomic E-state index is 0.139. The van der Waals surface area contributed by atoms with Crippen molar-refractivity contribution >= 4 is 10.0 Å². The molecule has 1 aromatic rings. The first-order valence-electron chi connectivity index (χ1n) is 9.45. The summed E-state index contributed by atoms with van der Waals surface area (Å²) in [5, 5.41) is -0.139. The van der Waals surface area contributed by atoms with E-state index >= 15 is 0 Å². The Morgan fingerprint density at radius 1 is 1.20 bits per heavy atom. The smallest absolute Gasteiger partial charge is 0.217 e. The molecule has 0 bridgehead atoms. The molecule has 3 aliphatic rings. The Hall–Kier alpha value is -0.890. The second-order valence-electron chi connectivity index (χ2n) is 7.52. The summed E-state index contributed by atoms with van der Waals surface area (Å²) in [6.07, 6.45) is 6.72. The van der Waals surface area contributed by atoms with Gasteiger partial charge >= 0.3 is 0 Å². The van der Waals surface area contributed by atoms with Crippen molar-refractivity contribution in [3.05, 3.63) is 24.0 Å². The van der Waals surface area contributed by atoms with E-state index in [4.69, 9.17) is 9.47 Å². The summed E-state index contributed by atoms with van der Waals surface area (Å²) >= 11 is 0. The number of ether oxygens (including phenoxy) is 2. The molecule has 3 heterocycles. The van der Waals surface area contributed by atoms with E-state index in [-0.39, 0.29) is 11.3 Å². The zero-order valence-corrected chi connectivity index (χ0v) is 15.5. The molecule has 0 unspecified atom stereocenters. The fraction of sp³-hybridized carbons (Fsp3) is 0.778. The predicted molar refractivity (Wildman–Crippen MR) is 94.8 cm³/mol. The molecule has 0 N–H and O–H groups in total. The van der Waals surface area contributed by atoms with Crippen LogP contribution in [0.25, 0.3) is 0 Å². The van der Waals surface area contributed by atoms with E-state index in [2.05, 4.69) is 10.8 Å². The molecule has 2 aliphatic heterocycles. The van der Waals surface area contributed by atoms with Crippen molar-refractivity contribution in [1.29, 1.82) is 0 Å². The van der Waals surface area contributed by atoms with E-state index < -0.39 is 10.0 Å². The third kappa shape index (κ3) is 3.94. The van der Waals surface area contributed by atoms with Gasteiger partial charge in [0.15, 0.2) is 0 Å². The second kappa shape index (κ2) is 7.39. The summed E-state index contributed by atoms with van der Waals surface area (Å²) in [4.78, 5) is 0. The molecule has 1 aromatic heterocycles. The first-order chi connectivity index (χ1) is 12.1. The normalized spacial score (nSPS) is 25.8. The Morgan fingerprint density at radius 3 is 2.76 bits per heavy atom. The van der Waals surface area contributed by atoms with Crippen molar-refractivity contribution in [3.8, 4) is 0 Å². The number of sulfonamides is 1. The topological polar surface area (TPSA) is 60.8 Å². The van der Waals surface area contributed by atoms with Crippen LogP contribution >= 0.6 is 0 Å². The van der Waals surface area contributed by atoms with Gasteiger partial charge in [-0.15, -0.1) is 0 Å². The van der Waals surface area contributed by atoms with Crippen molar-refractivity contribution in [3.63, 3.8) is 0 Å². The molecule has 25 heavy (non-hydrogen) atoms. The highest BCUT2D eigenvalue weighted by atomic mass is 32.2. The quantitative estimate of drug-likeness (QED) is 0.692. The van der Waals surface area contributed by atoms with Gasteiger partial charge in [0.25, 0.3) is 0 Å². The van der Waals surface area contributed by atoms with Gasteiger partial charge in [-0.05, 0) is 50.2 Å². The van der Waals surface area contributed by atoms with Gasteiger partial charge in [0.1, 0.15) is 0 Å². The Balaban J connectivity index is 1.33. The fourth-order valence-electron chi connectivity index (χ4n) is 3.87. The fourth-order valence-corrected chi connectivity index (χ4v) is 5.72. The average Bonchev–Trinajstić information content (AvgIpc) is 3.38. The molecule has 0 radical (unpaired) electrons. The van der Waals surface area contributed by atoms with E-state index in [0.717, 1.165) is 57.6 Å². The molecule has 7 heteroatoms. The largest absolute Gasteiger partial charge is 0.381 e. The van der Waals surface area contributed by atoms with Gasteiger partial charge < -0.3 is 14.0 Å². The van der Waals surface area contributed by atoms with Gasteiger partial charge in [-0.1, -0.05) is 0 Å². The zero-order valence-electron chi connectivity index (χ0n) is 14.7. The number of fused-ring (bicyclic) bond motifs is 1. The Kier molecular flexibility index (Phi) is 5.18. The Bertz CT molecular complexity index is 677. The molecule has 0 amide bonds. The van der Waals surface area contributed by atoms with E-state index in [9.17, 15) is 8.42 Å². The molecular formula is C18H28N2O4S. The standard InChI is InChI=1S/C18H28N2O4S/c21-25(22,18-3-4-18)19-12-16-2-1-8-20(16)17(13-19)7-11-24-14-15-5-9-23-10-6-15/h1-2,8,15,17-18H,3-7,9-14H2/t17-/m1/s1. The molecule has 140 valence electrons. The number of nitrogens with zero attached hydrogens (tertiary/aromatic N) is 2. The van der Waals surface area contributed by atoms with Gasteiger partial charge in [0, 0.05) is 50.9 Å². The van der Waals surface area contributed by atoms with Crippen molar-refractivity contribution in [2.45, 2.75) is 49.9 Å². The lowest BCUT2D eigenvalue weighted by atomic mass is 10.0. The molecule has 0 aromatic carbocycles. The number of hydrogen-bond acceptors (Lipinski definition) is 4. The zero-order chi connectivity index (χ0) is 17.3. The van der Waals surface area contributed by atoms with Gasteiger partial charge in [-0.2, -0.15) is 4.31 Å². The Labute approximate surface area is 150 Å². The van der Waals surface area contributed by atoms with E-state index in [1.54, 1.807) is 4.31 Å². The van der Waals surface area contributed by atoms with Crippen LogP contribution in [0.1, 0.15) is 43.8 Å². The summed E-state index contributed by atoms with van der Waals surface area (Å²) < 4.78 is 40.5. The Morgan fingerprint density at radius 2 is 2.00 bits per heavy atom. The van der Waals surface area contributed by atoms with Gasteiger partial charge in [-0.25, -0.2) is 8.42 Å². The molecule has 6 nitrogen and oxygen atoms in total. The summed E-state index contributed by atoms with van der Waals surface area (Å²) in [5.74, 6) is 0.606. The summed E-state index contributed by atoms with van der Waals surface area (Å²) in [6, 6.07) is 4.21. The molecule has 4 rings (SSSR count). The van der Waals surface area contributed by atoms with Crippen molar-refractivity contribution in [2.75, 3.05) is 33.0 Å². The van der Waals surface area contributed by atoms with Gasteiger partial charge in [0.2, 0.25) is 10.0 Å². The molecule has 2 fully saturated rings. The van der Waals surface area contributed by atoms with Crippen molar-refractivity contribution in [2.24, 2.45) is 5.92 Å². The van der Waals surface area contributed by atoms with E-state index in [0.29, 0.717) is 25.6 Å². The number of hydrogen-bond donors (Lipinski definition) is 0. The summed E-state index contributed by atoms with van der Waals surface area (Å²) in [7, 11) is -3.12. The van der Waals surface area contributed by atoms with Crippen LogP contribution in [0.5, 0.6) is 0 Å². The number of aromatic nitrogens is 1. The van der Waals surface area contributed by atoms with Crippen LogP contribution in [0.4, 0.5) is 0 Å². The third-order valence-electron chi connectivity index (χ3n) is 5.61. The number of rotatable bonds is 7. The van der Waals surface area contributed by atoms with E-state index in [1.807, 2.05) is 12.1 Å². The van der Waals surface area contributed by atoms with Crippen molar-refractivity contribution < 1.29 is 17.9 Å². The highest BCUT2D eigenvalue weighted by molar-refractivity contribution is 7.90. The highest BCUT2D eigenvalue weighted by Gasteiger charge is 2.42. The monoisotopic (exact) mass is 368 g/mol. The highest BCUT2D eigenvalue weighted by Crippen LogP contribution is 2.35. The van der Waals surface area contributed by atoms with E-state index in [1.165, 1.54) is 0 Å². The lowest BCUT2D eigenvalue weighted by Gasteiger charge is -2.34. The molecule has 0 spiro atoms. The van der Waals surface area contributed by atoms with Gasteiger partial charge in [0.05, 0.1) is 11.8 Å². The molecule has 1 aliphatic carbocycles. The minimum atomic E-state index is -3.12. The third-order valence-corrected chi connectivity index (χ3v) is 7.92. The lowest BCUT2D eigenvalue weighted by Crippen LogP contribution is -2.42. The average molecular weight is 368 g/mol. The molecule has 1 saturated heterocycles. The minimum Gasteiger partial charge on any atom is -0.381 e. The van der Waals surface area contributed by atoms with Crippen LogP contribution in [0.3, 0.4) is 0 Å². The van der Waals surface area contributed by atoms with Gasteiger partial charge in [-0.3, -0.25) is 0 Å².